The summed E-state index contributed by atoms with van der Waals surface area (Å²) in [5, 5.41) is 17.5. The maximum atomic E-state index is 13.0. The predicted octanol–water partition coefficient (Wildman–Crippen LogP) is 5.19. The number of imide groups is 1. The minimum Gasteiger partial charge on any atom is -0.490 e. The van der Waals surface area contributed by atoms with Crippen molar-refractivity contribution in [3.63, 3.8) is 0 Å². The van der Waals surface area contributed by atoms with Gasteiger partial charge in [0.25, 0.3) is 11.8 Å². The van der Waals surface area contributed by atoms with Gasteiger partial charge in [-0.15, -0.1) is 0 Å². The Labute approximate surface area is 344 Å². The summed E-state index contributed by atoms with van der Waals surface area (Å²) in [6.45, 7) is 7.31. The lowest BCUT2D eigenvalue weighted by Crippen LogP contribution is -2.53. The molecular formula is C43H51ClN8O6. The second-order valence-electron chi connectivity index (χ2n) is 16.2. The Bertz CT molecular complexity index is 1980. The first-order chi connectivity index (χ1) is 28.0. The number of amides is 4. The van der Waals surface area contributed by atoms with Crippen molar-refractivity contribution in [1.29, 1.82) is 5.26 Å². The van der Waals surface area contributed by atoms with E-state index in [9.17, 15) is 19.2 Å². The number of benzene rings is 2. The molecule has 3 N–H and O–H groups in total. The fourth-order valence-corrected chi connectivity index (χ4v) is 8.53. The van der Waals surface area contributed by atoms with Gasteiger partial charge in [-0.3, -0.25) is 29.4 Å². The third kappa shape index (κ3) is 10.2. The summed E-state index contributed by atoms with van der Waals surface area (Å²) >= 11 is 6.15. The molecule has 14 nitrogen and oxygen atoms in total. The molecule has 306 valence electrons. The molecule has 4 fully saturated rings. The van der Waals surface area contributed by atoms with Crippen molar-refractivity contribution in [3.8, 4) is 17.6 Å². The quantitative estimate of drug-likeness (QED) is 0.194. The Hall–Kier alpha value is -5.26. The number of nitrogens with zero attached hydrogens (tertiary/aromatic N) is 5. The predicted molar refractivity (Wildman–Crippen MR) is 217 cm³/mol. The first kappa shape index (κ1) is 40.9. The van der Waals surface area contributed by atoms with Gasteiger partial charge in [0, 0.05) is 68.7 Å². The van der Waals surface area contributed by atoms with E-state index in [1.54, 1.807) is 54.9 Å². The van der Waals surface area contributed by atoms with Gasteiger partial charge in [-0.25, -0.2) is 9.97 Å². The first-order valence-corrected chi connectivity index (χ1v) is 20.8. The van der Waals surface area contributed by atoms with Crippen LogP contribution in [-0.2, 0) is 9.59 Å². The number of hydrogen-bond acceptors (Lipinski definition) is 11. The Morgan fingerprint density at radius 3 is 2.26 bits per heavy atom. The van der Waals surface area contributed by atoms with Crippen LogP contribution in [0.4, 0.5) is 5.82 Å². The lowest BCUT2D eigenvalue weighted by Gasteiger charge is -2.46. The van der Waals surface area contributed by atoms with E-state index in [4.69, 9.17) is 26.3 Å². The van der Waals surface area contributed by atoms with E-state index in [0.717, 1.165) is 76.8 Å². The van der Waals surface area contributed by atoms with Crippen LogP contribution in [0.1, 0.15) is 104 Å². The monoisotopic (exact) mass is 810 g/mol. The van der Waals surface area contributed by atoms with Crippen LogP contribution in [0.25, 0.3) is 0 Å². The highest BCUT2D eigenvalue weighted by atomic mass is 35.5. The van der Waals surface area contributed by atoms with E-state index in [1.165, 1.54) is 0 Å². The normalized spacial score (nSPS) is 23.7. The molecular weight excluding hydrogens is 760 g/mol. The third-order valence-corrected chi connectivity index (χ3v) is 12.1. The molecule has 0 spiro atoms. The summed E-state index contributed by atoms with van der Waals surface area (Å²) in [4.78, 5) is 63.1. The Morgan fingerprint density at radius 2 is 1.62 bits per heavy atom. The summed E-state index contributed by atoms with van der Waals surface area (Å²) < 4.78 is 12.3. The van der Waals surface area contributed by atoms with Crippen molar-refractivity contribution >= 4 is 41.0 Å². The molecule has 0 bridgehead atoms. The molecule has 3 heterocycles. The van der Waals surface area contributed by atoms with E-state index in [1.807, 2.05) is 0 Å². The van der Waals surface area contributed by atoms with Gasteiger partial charge in [0.05, 0.1) is 29.1 Å². The fourth-order valence-electron chi connectivity index (χ4n) is 8.32. The summed E-state index contributed by atoms with van der Waals surface area (Å²) in [5.41, 5.74) is 1.16. The summed E-state index contributed by atoms with van der Waals surface area (Å²) in [6.07, 6.45) is 11.1. The molecule has 2 aliphatic heterocycles. The Kier molecular flexibility index (Phi) is 13.1. The fraction of sp³-hybridized carbons (Fsp3) is 0.512. The number of ether oxygens (including phenoxy) is 2. The van der Waals surface area contributed by atoms with Gasteiger partial charge in [0.2, 0.25) is 11.8 Å². The van der Waals surface area contributed by atoms with Crippen molar-refractivity contribution in [3.05, 3.63) is 76.7 Å². The molecule has 4 amide bonds. The SMILES string of the molecule is CC(C)N(CC1CCN(c2cnc(C(=O)N[C@H]3CC[C@H](Oc4ccc(C#N)c(Cl)c4)CC3)cn2)CC1)[C@H]1C[C@H](Oc2ccc(C(=O)NC3CCC(=O)NC3=O)cc2)C1. The Balaban J connectivity index is 0.801. The summed E-state index contributed by atoms with van der Waals surface area (Å²) in [5.74, 6) is 1.34. The van der Waals surface area contributed by atoms with Crippen molar-refractivity contribution in [2.24, 2.45) is 5.92 Å². The number of carbonyl (C=O) groups is 4. The highest BCUT2D eigenvalue weighted by Crippen LogP contribution is 2.34. The minimum absolute atomic E-state index is 0.0246. The third-order valence-electron chi connectivity index (χ3n) is 11.8. The summed E-state index contributed by atoms with van der Waals surface area (Å²) in [7, 11) is 0. The van der Waals surface area contributed by atoms with E-state index in [0.29, 0.717) is 57.8 Å². The molecule has 2 aromatic carbocycles. The molecule has 7 rings (SSSR count). The number of carbonyl (C=O) groups excluding carboxylic acids is 4. The maximum absolute atomic E-state index is 13.0. The van der Waals surface area contributed by atoms with Gasteiger partial charge in [-0.2, -0.15) is 5.26 Å². The van der Waals surface area contributed by atoms with E-state index >= 15 is 0 Å². The second kappa shape index (κ2) is 18.6. The number of piperidine rings is 2. The smallest absolute Gasteiger partial charge is 0.271 e. The van der Waals surface area contributed by atoms with Crippen molar-refractivity contribution in [2.45, 2.75) is 114 Å². The van der Waals surface area contributed by atoms with Crippen LogP contribution >= 0.6 is 11.6 Å². The number of anilines is 1. The van der Waals surface area contributed by atoms with Crippen LogP contribution in [0, 0.1) is 17.2 Å². The molecule has 2 aliphatic carbocycles. The molecule has 1 aromatic heterocycles. The first-order valence-electron chi connectivity index (χ1n) is 20.4. The van der Waals surface area contributed by atoms with Gasteiger partial charge in [0.1, 0.15) is 41.2 Å². The number of nitriles is 1. The van der Waals surface area contributed by atoms with Crippen LogP contribution in [0.3, 0.4) is 0 Å². The topological polar surface area (TPSA) is 179 Å². The molecule has 58 heavy (non-hydrogen) atoms. The molecule has 3 aromatic rings. The van der Waals surface area contributed by atoms with Crippen molar-refractivity contribution < 1.29 is 28.7 Å². The van der Waals surface area contributed by atoms with Crippen LogP contribution in [-0.4, -0.2) is 94.5 Å². The van der Waals surface area contributed by atoms with Crippen LogP contribution in [0.15, 0.2) is 54.9 Å². The zero-order valence-electron chi connectivity index (χ0n) is 33.0. The standard InChI is InChI=1S/C43H51ClN8O6/c1-26(2)52(31-19-35(20-31)58-32-8-3-28(4-9-32)41(54)49-37-13-14-40(53)50-42(37)55)25-27-15-17-51(18-16-27)39-24-46-38(23-47-39)43(56)48-30-6-11-33(12-7-30)57-34-10-5-29(22-45)36(44)21-34/h3-5,8-10,21,23-24,26-27,30-31,33,35,37H,6-7,11-20,25H2,1-2H3,(H,48,56)(H,49,54)(H,50,53,55)/t30-,31-,33-,35-,37?. The zero-order chi connectivity index (χ0) is 40.8. The number of rotatable bonds is 13. The number of nitrogens with one attached hydrogen (secondary N) is 3. The number of halogens is 1. The van der Waals surface area contributed by atoms with Gasteiger partial charge in [-0.05, 0) is 101 Å². The molecule has 15 heteroatoms. The Morgan fingerprint density at radius 1 is 0.914 bits per heavy atom. The number of hydrogen-bond donors (Lipinski definition) is 3. The lowest BCUT2D eigenvalue weighted by atomic mass is 9.85. The van der Waals surface area contributed by atoms with E-state index in [-0.39, 0.29) is 42.4 Å². The minimum atomic E-state index is -0.715. The molecule has 1 atom stereocenters. The van der Waals surface area contributed by atoms with E-state index in [2.05, 4.69) is 55.6 Å². The molecule has 4 aliphatic rings. The van der Waals surface area contributed by atoms with E-state index < -0.39 is 11.9 Å². The lowest BCUT2D eigenvalue weighted by molar-refractivity contribution is -0.134. The molecule has 2 saturated carbocycles. The molecule has 2 saturated heterocycles. The van der Waals surface area contributed by atoms with Gasteiger partial charge >= 0.3 is 0 Å². The maximum Gasteiger partial charge on any atom is 0.271 e. The largest absolute Gasteiger partial charge is 0.490 e. The van der Waals surface area contributed by atoms with Gasteiger partial charge < -0.3 is 25.0 Å². The number of aromatic nitrogens is 2. The highest BCUT2D eigenvalue weighted by Gasteiger charge is 2.38. The molecule has 1 unspecified atom stereocenters. The second-order valence-corrected chi connectivity index (χ2v) is 16.6. The van der Waals surface area contributed by atoms with Gasteiger partial charge in [0.15, 0.2) is 0 Å². The van der Waals surface area contributed by atoms with Crippen molar-refractivity contribution in [2.75, 3.05) is 24.5 Å². The average Bonchev–Trinajstić information content (AvgIpc) is 3.20. The zero-order valence-corrected chi connectivity index (χ0v) is 33.7. The van der Waals surface area contributed by atoms with Crippen molar-refractivity contribution in [1.82, 2.24) is 30.8 Å². The van der Waals surface area contributed by atoms with Crippen LogP contribution in [0.2, 0.25) is 5.02 Å². The highest BCUT2D eigenvalue weighted by molar-refractivity contribution is 6.31. The summed E-state index contributed by atoms with van der Waals surface area (Å²) in [6, 6.07) is 14.3. The molecule has 0 radical (unpaired) electrons. The van der Waals surface area contributed by atoms with Gasteiger partial charge in [-0.1, -0.05) is 11.6 Å². The van der Waals surface area contributed by atoms with Crippen LogP contribution < -0.4 is 30.3 Å². The van der Waals surface area contributed by atoms with Crippen LogP contribution in [0.5, 0.6) is 11.5 Å². The average molecular weight is 811 g/mol.